The number of carbonyl (C=O) groups is 1. The van der Waals surface area contributed by atoms with Gasteiger partial charge in [-0.3, -0.25) is 4.79 Å². The van der Waals surface area contributed by atoms with Crippen molar-refractivity contribution in [3.63, 3.8) is 0 Å². The monoisotopic (exact) mass is 312 g/mol. The molecule has 0 bridgehead atoms. The fourth-order valence-corrected chi connectivity index (χ4v) is 2.41. The van der Waals surface area contributed by atoms with E-state index >= 15 is 0 Å². The quantitative estimate of drug-likeness (QED) is 0.884. The van der Waals surface area contributed by atoms with Crippen molar-refractivity contribution < 1.29 is 4.79 Å². The summed E-state index contributed by atoms with van der Waals surface area (Å²) in [6.07, 6.45) is 3.97. The summed E-state index contributed by atoms with van der Waals surface area (Å²) in [6.45, 7) is 10.2. The van der Waals surface area contributed by atoms with Crippen LogP contribution in [0.2, 0.25) is 0 Å². The van der Waals surface area contributed by atoms with Gasteiger partial charge in [-0.2, -0.15) is 0 Å². The number of anilines is 2. The molecule has 23 heavy (non-hydrogen) atoms. The fraction of sp³-hybridized carbons (Fsp3) is 0.389. The van der Waals surface area contributed by atoms with Gasteiger partial charge >= 0.3 is 0 Å². The number of benzene rings is 1. The summed E-state index contributed by atoms with van der Waals surface area (Å²) in [6, 6.07) is 4.37. The van der Waals surface area contributed by atoms with E-state index in [0.29, 0.717) is 11.5 Å². The lowest BCUT2D eigenvalue weighted by Gasteiger charge is -2.14. The van der Waals surface area contributed by atoms with Crippen LogP contribution in [0.1, 0.15) is 47.4 Å². The second-order valence-corrected chi connectivity index (χ2v) is 5.97. The first-order valence-corrected chi connectivity index (χ1v) is 7.88. The zero-order valence-corrected chi connectivity index (χ0v) is 14.4. The van der Waals surface area contributed by atoms with Crippen molar-refractivity contribution >= 4 is 17.4 Å². The van der Waals surface area contributed by atoms with Gasteiger partial charge in [-0.25, -0.2) is 9.97 Å². The summed E-state index contributed by atoms with van der Waals surface area (Å²) < 4.78 is 0. The van der Waals surface area contributed by atoms with Crippen molar-refractivity contribution in [2.24, 2.45) is 0 Å². The first-order valence-electron chi connectivity index (χ1n) is 7.88. The summed E-state index contributed by atoms with van der Waals surface area (Å²) in [5, 5.41) is 6.16. The maximum Gasteiger partial charge on any atom is 0.271 e. The molecule has 1 unspecified atom stereocenters. The Morgan fingerprint density at radius 3 is 2.30 bits per heavy atom. The van der Waals surface area contributed by atoms with Gasteiger partial charge in [0.2, 0.25) is 0 Å². The molecule has 5 nitrogen and oxygen atoms in total. The van der Waals surface area contributed by atoms with Crippen LogP contribution >= 0.6 is 0 Å². The standard InChI is InChI=1S/C18H24N4O/c1-6-14(5)21-18(23)15-9-20-16(10-19-15)22-17-12(3)7-11(2)8-13(17)4/h7-10,14H,6H2,1-5H3,(H,20,22)(H,21,23). The number of carbonyl (C=O) groups excluding carboxylic acids is 1. The van der Waals surface area contributed by atoms with E-state index in [-0.39, 0.29) is 11.9 Å². The van der Waals surface area contributed by atoms with Crippen molar-refractivity contribution in [3.05, 3.63) is 46.9 Å². The second-order valence-electron chi connectivity index (χ2n) is 5.97. The van der Waals surface area contributed by atoms with Gasteiger partial charge in [0, 0.05) is 11.7 Å². The van der Waals surface area contributed by atoms with Crippen LogP contribution in [-0.4, -0.2) is 21.9 Å². The van der Waals surface area contributed by atoms with E-state index in [4.69, 9.17) is 0 Å². The Balaban J connectivity index is 2.13. The Kier molecular flexibility index (Phi) is 5.32. The highest BCUT2D eigenvalue weighted by Gasteiger charge is 2.11. The maximum atomic E-state index is 12.0. The zero-order chi connectivity index (χ0) is 17.0. The van der Waals surface area contributed by atoms with Crippen molar-refractivity contribution in [2.45, 2.75) is 47.1 Å². The molecule has 1 atom stereocenters. The van der Waals surface area contributed by atoms with E-state index in [0.717, 1.165) is 23.2 Å². The third-order valence-electron chi connectivity index (χ3n) is 3.80. The van der Waals surface area contributed by atoms with Gasteiger partial charge in [-0.1, -0.05) is 24.6 Å². The molecule has 0 aliphatic rings. The SMILES string of the molecule is CCC(C)NC(=O)c1cnc(Nc2c(C)cc(C)cc2C)cn1. The van der Waals surface area contributed by atoms with Gasteiger partial charge < -0.3 is 10.6 Å². The molecule has 122 valence electrons. The van der Waals surface area contributed by atoms with Crippen molar-refractivity contribution in [1.82, 2.24) is 15.3 Å². The smallest absolute Gasteiger partial charge is 0.271 e. The van der Waals surface area contributed by atoms with Crippen LogP contribution in [0.5, 0.6) is 0 Å². The minimum absolute atomic E-state index is 0.125. The van der Waals surface area contributed by atoms with Crippen molar-refractivity contribution in [2.75, 3.05) is 5.32 Å². The first-order chi connectivity index (χ1) is 10.9. The molecule has 0 spiro atoms. The van der Waals surface area contributed by atoms with Gasteiger partial charge in [0.25, 0.3) is 5.91 Å². The highest BCUT2D eigenvalue weighted by atomic mass is 16.1. The summed E-state index contributed by atoms with van der Waals surface area (Å²) in [4.78, 5) is 20.5. The number of nitrogens with zero attached hydrogens (tertiary/aromatic N) is 2. The molecule has 2 rings (SSSR count). The van der Waals surface area contributed by atoms with Gasteiger partial charge in [-0.05, 0) is 45.2 Å². The Morgan fingerprint density at radius 2 is 1.78 bits per heavy atom. The number of aryl methyl sites for hydroxylation is 3. The highest BCUT2D eigenvalue weighted by molar-refractivity contribution is 5.92. The lowest BCUT2D eigenvalue weighted by atomic mass is 10.1. The van der Waals surface area contributed by atoms with Crippen molar-refractivity contribution in [3.8, 4) is 0 Å². The third-order valence-corrected chi connectivity index (χ3v) is 3.80. The summed E-state index contributed by atoms with van der Waals surface area (Å²) in [5.74, 6) is 0.432. The normalized spacial score (nSPS) is 11.9. The molecule has 0 aliphatic heterocycles. The van der Waals surface area contributed by atoms with Gasteiger partial charge in [0.1, 0.15) is 11.5 Å². The topological polar surface area (TPSA) is 66.9 Å². The Labute approximate surface area is 137 Å². The molecule has 1 heterocycles. The van der Waals surface area contributed by atoms with Crippen molar-refractivity contribution in [1.29, 1.82) is 0 Å². The third kappa shape index (κ3) is 4.28. The van der Waals surface area contributed by atoms with Crippen LogP contribution in [0.15, 0.2) is 24.5 Å². The van der Waals surface area contributed by atoms with Crippen LogP contribution in [0.4, 0.5) is 11.5 Å². The van der Waals surface area contributed by atoms with Crippen LogP contribution in [0.3, 0.4) is 0 Å². The number of hydrogen-bond acceptors (Lipinski definition) is 4. The second kappa shape index (κ2) is 7.22. The minimum Gasteiger partial charge on any atom is -0.348 e. The Hall–Kier alpha value is -2.43. The summed E-state index contributed by atoms with van der Waals surface area (Å²) in [7, 11) is 0. The average Bonchev–Trinajstić information content (AvgIpc) is 2.51. The van der Waals surface area contributed by atoms with Gasteiger partial charge in [0.15, 0.2) is 0 Å². The maximum absolute atomic E-state index is 12.0. The molecule has 2 N–H and O–H groups in total. The molecule has 0 saturated heterocycles. The van der Waals surface area contributed by atoms with E-state index in [1.165, 1.54) is 11.8 Å². The van der Waals surface area contributed by atoms with Crippen LogP contribution in [0.25, 0.3) is 0 Å². The first kappa shape index (κ1) is 16.9. The molecular formula is C18H24N4O. The molecule has 0 aliphatic carbocycles. The number of hydrogen-bond donors (Lipinski definition) is 2. The predicted molar refractivity (Wildman–Crippen MR) is 93.2 cm³/mol. The molecule has 0 fully saturated rings. The van der Waals surface area contributed by atoms with Gasteiger partial charge in [-0.15, -0.1) is 0 Å². The molecular weight excluding hydrogens is 288 g/mol. The van der Waals surface area contributed by atoms with E-state index < -0.39 is 0 Å². The van der Waals surface area contributed by atoms with E-state index in [2.05, 4.69) is 53.5 Å². The molecule has 5 heteroatoms. The number of rotatable bonds is 5. The molecule has 2 aromatic rings. The molecule has 0 saturated carbocycles. The fourth-order valence-electron chi connectivity index (χ4n) is 2.41. The van der Waals surface area contributed by atoms with E-state index in [1.54, 1.807) is 6.20 Å². The largest absolute Gasteiger partial charge is 0.348 e. The lowest BCUT2D eigenvalue weighted by molar-refractivity contribution is 0.0934. The average molecular weight is 312 g/mol. The Morgan fingerprint density at radius 1 is 1.13 bits per heavy atom. The van der Waals surface area contributed by atoms with Crippen LogP contribution in [0, 0.1) is 20.8 Å². The van der Waals surface area contributed by atoms with Crippen LogP contribution in [-0.2, 0) is 0 Å². The number of aromatic nitrogens is 2. The summed E-state index contributed by atoms with van der Waals surface area (Å²) in [5.41, 5.74) is 4.90. The highest BCUT2D eigenvalue weighted by Crippen LogP contribution is 2.24. The van der Waals surface area contributed by atoms with E-state index in [1.807, 2.05) is 13.8 Å². The number of amides is 1. The summed E-state index contributed by atoms with van der Waals surface area (Å²) >= 11 is 0. The predicted octanol–water partition coefficient (Wildman–Crippen LogP) is 3.67. The molecule has 1 aromatic heterocycles. The molecule has 0 radical (unpaired) electrons. The minimum atomic E-state index is -0.193. The number of nitrogens with one attached hydrogen (secondary N) is 2. The van der Waals surface area contributed by atoms with Gasteiger partial charge in [0.05, 0.1) is 12.4 Å². The molecule has 1 amide bonds. The van der Waals surface area contributed by atoms with E-state index in [9.17, 15) is 4.79 Å². The molecule has 1 aromatic carbocycles. The lowest BCUT2D eigenvalue weighted by Crippen LogP contribution is -2.32. The zero-order valence-electron chi connectivity index (χ0n) is 14.4. The Bertz CT molecular complexity index is 672. The van der Waals surface area contributed by atoms with Crippen LogP contribution < -0.4 is 10.6 Å².